The van der Waals surface area contributed by atoms with E-state index in [2.05, 4.69) is 15.5 Å². The molecule has 10 heteroatoms. The molecule has 6 nitrogen and oxygen atoms in total. The zero-order chi connectivity index (χ0) is 24.1. The lowest BCUT2D eigenvalue weighted by molar-refractivity contribution is 0.0729. The second-order valence-corrected chi connectivity index (χ2v) is 8.98. The fourth-order valence-electron chi connectivity index (χ4n) is 2.90. The quantitative estimate of drug-likeness (QED) is 0.116. The van der Waals surface area contributed by atoms with Crippen LogP contribution in [0.2, 0.25) is 15.1 Å². The number of esters is 1. The van der Waals surface area contributed by atoms with Crippen molar-refractivity contribution in [1.82, 2.24) is 4.98 Å². The van der Waals surface area contributed by atoms with Crippen molar-refractivity contribution >= 4 is 63.5 Å². The van der Waals surface area contributed by atoms with Gasteiger partial charge in [-0.05, 0) is 66.2 Å². The number of methoxy groups -OCH3 is 1. The summed E-state index contributed by atoms with van der Waals surface area (Å²) in [5, 5.41) is 8.31. The first-order valence-electron chi connectivity index (χ1n) is 9.79. The minimum Gasteiger partial charge on any atom is -0.493 e. The van der Waals surface area contributed by atoms with Crippen LogP contribution in [0.15, 0.2) is 71.1 Å². The van der Waals surface area contributed by atoms with Gasteiger partial charge in [0.2, 0.25) is 5.13 Å². The third-order valence-corrected chi connectivity index (χ3v) is 6.10. The first-order valence-corrected chi connectivity index (χ1v) is 11.8. The minimum absolute atomic E-state index is 0.289. The summed E-state index contributed by atoms with van der Waals surface area (Å²) in [6, 6.07) is 16.8. The van der Waals surface area contributed by atoms with Gasteiger partial charge in [-0.3, -0.25) is 5.43 Å². The van der Waals surface area contributed by atoms with Gasteiger partial charge in [-0.15, -0.1) is 11.3 Å². The standard InChI is InChI=1S/C24H16Cl3N3O3S/c1-32-22-10-14(2-9-21(22)33-23(31)15-3-5-16(25)6-4-15)12-28-30-24-29-20(13-34-24)18-8-7-17(26)11-19(18)27/h2-13H,1H3,(H,29,30). The number of rotatable bonds is 7. The lowest BCUT2D eigenvalue weighted by Gasteiger charge is -2.10. The highest BCUT2D eigenvalue weighted by molar-refractivity contribution is 7.14. The molecule has 0 spiro atoms. The van der Waals surface area contributed by atoms with Gasteiger partial charge < -0.3 is 9.47 Å². The van der Waals surface area contributed by atoms with E-state index in [4.69, 9.17) is 44.3 Å². The predicted molar refractivity (Wildman–Crippen MR) is 138 cm³/mol. The van der Waals surface area contributed by atoms with Crippen molar-refractivity contribution in [3.05, 3.63) is 92.2 Å². The zero-order valence-corrected chi connectivity index (χ0v) is 20.7. The van der Waals surface area contributed by atoms with E-state index in [9.17, 15) is 4.79 Å². The van der Waals surface area contributed by atoms with E-state index in [0.717, 1.165) is 16.8 Å². The Morgan fingerprint density at radius 3 is 2.50 bits per heavy atom. The Kier molecular flexibility index (Phi) is 7.70. The average molecular weight is 533 g/mol. The molecule has 1 N–H and O–H groups in total. The first kappa shape index (κ1) is 24.0. The van der Waals surface area contributed by atoms with E-state index in [-0.39, 0.29) is 5.75 Å². The van der Waals surface area contributed by atoms with Crippen LogP contribution in [0.1, 0.15) is 15.9 Å². The second kappa shape index (κ2) is 10.9. The van der Waals surface area contributed by atoms with Crippen molar-refractivity contribution in [3.63, 3.8) is 0 Å². The summed E-state index contributed by atoms with van der Waals surface area (Å²) >= 11 is 19.5. The maximum atomic E-state index is 12.4. The SMILES string of the molecule is COc1cc(C=NNc2nc(-c3ccc(Cl)cc3Cl)cs2)ccc1OC(=O)c1ccc(Cl)cc1. The largest absolute Gasteiger partial charge is 0.493 e. The Morgan fingerprint density at radius 1 is 1.00 bits per heavy atom. The van der Waals surface area contributed by atoms with Gasteiger partial charge in [-0.25, -0.2) is 9.78 Å². The molecular weight excluding hydrogens is 517 g/mol. The molecule has 34 heavy (non-hydrogen) atoms. The maximum Gasteiger partial charge on any atom is 0.343 e. The van der Waals surface area contributed by atoms with Crippen LogP contribution < -0.4 is 14.9 Å². The van der Waals surface area contributed by atoms with Crippen molar-refractivity contribution in [2.45, 2.75) is 0 Å². The number of carbonyl (C=O) groups excluding carboxylic acids is 1. The number of benzene rings is 3. The smallest absolute Gasteiger partial charge is 0.343 e. The first-order chi connectivity index (χ1) is 16.4. The Hall–Kier alpha value is -3.10. The molecule has 4 aromatic rings. The predicted octanol–water partition coefficient (Wildman–Crippen LogP) is 7.44. The molecule has 0 fully saturated rings. The van der Waals surface area contributed by atoms with Crippen LogP contribution >= 0.6 is 46.1 Å². The lowest BCUT2D eigenvalue weighted by atomic mass is 10.2. The van der Waals surface area contributed by atoms with Crippen molar-refractivity contribution in [2.24, 2.45) is 5.10 Å². The maximum absolute atomic E-state index is 12.4. The topological polar surface area (TPSA) is 72.8 Å². The highest BCUT2D eigenvalue weighted by Gasteiger charge is 2.13. The Balaban J connectivity index is 1.42. The monoisotopic (exact) mass is 531 g/mol. The van der Waals surface area contributed by atoms with Gasteiger partial charge in [0.1, 0.15) is 0 Å². The van der Waals surface area contributed by atoms with Crippen LogP contribution in [0.4, 0.5) is 5.13 Å². The number of anilines is 1. The van der Waals surface area contributed by atoms with Gasteiger partial charge >= 0.3 is 5.97 Å². The van der Waals surface area contributed by atoms with Crippen LogP contribution in [-0.4, -0.2) is 24.3 Å². The lowest BCUT2D eigenvalue weighted by Crippen LogP contribution is -2.09. The Bertz CT molecular complexity index is 1360. The molecule has 0 aliphatic carbocycles. The third kappa shape index (κ3) is 5.87. The summed E-state index contributed by atoms with van der Waals surface area (Å²) in [7, 11) is 1.49. The van der Waals surface area contributed by atoms with E-state index < -0.39 is 5.97 Å². The number of nitrogens with one attached hydrogen (secondary N) is 1. The van der Waals surface area contributed by atoms with E-state index in [0.29, 0.717) is 31.5 Å². The zero-order valence-electron chi connectivity index (χ0n) is 17.6. The number of hydrogen-bond donors (Lipinski definition) is 1. The van der Waals surface area contributed by atoms with Gasteiger partial charge in [-0.2, -0.15) is 5.10 Å². The number of carbonyl (C=O) groups is 1. The van der Waals surface area contributed by atoms with E-state index in [1.54, 1.807) is 60.8 Å². The molecule has 0 atom stereocenters. The van der Waals surface area contributed by atoms with Gasteiger partial charge in [-0.1, -0.05) is 34.8 Å². The van der Waals surface area contributed by atoms with Crippen molar-refractivity contribution in [2.75, 3.05) is 12.5 Å². The van der Waals surface area contributed by atoms with Crippen LogP contribution in [0, 0.1) is 0 Å². The summed E-state index contributed by atoms with van der Waals surface area (Å²) in [4.78, 5) is 16.9. The summed E-state index contributed by atoms with van der Waals surface area (Å²) in [5.41, 5.74) is 5.51. The number of nitrogens with zero attached hydrogens (tertiary/aromatic N) is 2. The molecule has 4 rings (SSSR count). The highest BCUT2D eigenvalue weighted by Crippen LogP contribution is 2.32. The summed E-state index contributed by atoms with van der Waals surface area (Å²) < 4.78 is 10.8. The molecule has 0 unspecified atom stereocenters. The molecule has 0 radical (unpaired) electrons. The van der Waals surface area contributed by atoms with Gasteiger partial charge in [0.25, 0.3) is 0 Å². The van der Waals surface area contributed by atoms with Gasteiger partial charge in [0.15, 0.2) is 11.5 Å². The molecule has 1 aromatic heterocycles. The second-order valence-electron chi connectivity index (χ2n) is 6.84. The molecule has 0 bridgehead atoms. The molecule has 0 aliphatic rings. The molecule has 172 valence electrons. The van der Waals surface area contributed by atoms with Crippen LogP contribution in [0.25, 0.3) is 11.3 Å². The number of thiazole rings is 1. The summed E-state index contributed by atoms with van der Waals surface area (Å²) in [6.45, 7) is 0. The fraction of sp³-hybridized carbons (Fsp3) is 0.0417. The molecule has 1 heterocycles. The van der Waals surface area contributed by atoms with Crippen molar-refractivity contribution in [3.8, 4) is 22.8 Å². The third-order valence-electron chi connectivity index (χ3n) is 4.56. The van der Waals surface area contributed by atoms with E-state index >= 15 is 0 Å². The van der Waals surface area contributed by atoms with Crippen molar-refractivity contribution in [1.29, 1.82) is 0 Å². The Labute approximate surface area is 214 Å². The molecule has 0 aliphatic heterocycles. The number of aromatic nitrogens is 1. The normalized spacial score (nSPS) is 10.9. The summed E-state index contributed by atoms with van der Waals surface area (Å²) in [5.74, 6) is 0.163. The van der Waals surface area contributed by atoms with Crippen LogP contribution in [0.3, 0.4) is 0 Å². The minimum atomic E-state index is -0.515. The number of ether oxygens (including phenoxy) is 2. The number of hydrazone groups is 1. The summed E-state index contributed by atoms with van der Waals surface area (Å²) in [6.07, 6.45) is 1.60. The highest BCUT2D eigenvalue weighted by atomic mass is 35.5. The van der Waals surface area contributed by atoms with E-state index in [1.807, 2.05) is 11.4 Å². The number of hydrogen-bond acceptors (Lipinski definition) is 7. The molecular formula is C24H16Cl3N3O3S. The van der Waals surface area contributed by atoms with Crippen LogP contribution in [0.5, 0.6) is 11.5 Å². The van der Waals surface area contributed by atoms with Gasteiger partial charge in [0, 0.05) is 21.0 Å². The van der Waals surface area contributed by atoms with Crippen LogP contribution in [-0.2, 0) is 0 Å². The molecule has 3 aromatic carbocycles. The Morgan fingerprint density at radius 2 is 1.76 bits per heavy atom. The molecule has 0 amide bonds. The molecule has 0 saturated carbocycles. The number of halogens is 3. The fourth-order valence-corrected chi connectivity index (χ4v) is 4.19. The van der Waals surface area contributed by atoms with Gasteiger partial charge in [0.05, 0.1) is 29.6 Å². The molecule has 0 saturated heterocycles. The van der Waals surface area contributed by atoms with E-state index in [1.165, 1.54) is 18.4 Å². The van der Waals surface area contributed by atoms with Crippen molar-refractivity contribution < 1.29 is 14.3 Å². The average Bonchev–Trinajstić information content (AvgIpc) is 3.28.